The molecule has 1 aromatic heterocycles. The third-order valence-electron chi connectivity index (χ3n) is 6.62. The van der Waals surface area contributed by atoms with Gasteiger partial charge in [0.25, 0.3) is 0 Å². The van der Waals surface area contributed by atoms with Gasteiger partial charge in [-0.1, -0.05) is 44.2 Å². The average molecular weight is 487 g/mol. The number of carboxylic acid groups (broad SMARTS) is 1. The van der Waals surface area contributed by atoms with E-state index in [-0.39, 0.29) is 12.3 Å². The lowest BCUT2D eigenvalue weighted by Gasteiger charge is -2.25. The Labute approximate surface area is 213 Å². The molecule has 0 atom stereocenters. The summed E-state index contributed by atoms with van der Waals surface area (Å²) in [4.78, 5) is 28.9. The Morgan fingerprint density at radius 2 is 1.72 bits per heavy atom. The van der Waals surface area contributed by atoms with Gasteiger partial charge >= 0.3 is 5.97 Å². The molecule has 6 heteroatoms. The summed E-state index contributed by atoms with van der Waals surface area (Å²) in [5.74, 6) is -0.424. The number of hydrogen-bond donors (Lipinski definition) is 2. The summed E-state index contributed by atoms with van der Waals surface area (Å²) in [5, 5.41) is 12.4. The van der Waals surface area contributed by atoms with E-state index in [2.05, 4.69) is 24.1 Å². The first-order valence-electron chi connectivity index (χ1n) is 12.2. The largest absolute Gasteiger partial charge is 0.487 e. The summed E-state index contributed by atoms with van der Waals surface area (Å²) in [7, 11) is 0. The highest BCUT2D eigenvalue weighted by atomic mass is 16.5. The second-order valence-electron chi connectivity index (χ2n) is 9.06. The van der Waals surface area contributed by atoms with E-state index >= 15 is 0 Å². The first-order chi connectivity index (χ1) is 17.2. The highest BCUT2D eigenvalue weighted by Gasteiger charge is 2.37. The standard InChI is InChI=1S/C30H34N2O4/c1-5-30(6-2,29(34)35)19-28(33)32-25-11-7-9-23(18-25)14-15-24-10-8-12-26(31-24)20-36-27-16-13-21(3)22(4)17-27/h7-18H,5-6,19-20H2,1-4H3,(H,32,33)(H,34,35). The topological polar surface area (TPSA) is 88.5 Å². The molecule has 1 heterocycles. The van der Waals surface area contributed by atoms with Crippen LogP contribution in [0.2, 0.25) is 0 Å². The predicted octanol–water partition coefficient (Wildman–Crippen LogP) is 6.67. The Hall–Kier alpha value is -3.93. The number of carboxylic acids is 1. The predicted molar refractivity (Wildman–Crippen MR) is 144 cm³/mol. The van der Waals surface area contributed by atoms with E-state index in [0.29, 0.717) is 25.1 Å². The molecule has 3 aromatic rings. The van der Waals surface area contributed by atoms with Crippen LogP contribution in [0, 0.1) is 19.3 Å². The average Bonchev–Trinajstić information content (AvgIpc) is 2.87. The zero-order valence-corrected chi connectivity index (χ0v) is 21.4. The molecule has 0 saturated carbocycles. The van der Waals surface area contributed by atoms with Crippen LogP contribution in [0.15, 0.2) is 60.7 Å². The van der Waals surface area contributed by atoms with Crippen LogP contribution >= 0.6 is 0 Å². The molecule has 0 fully saturated rings. The lowest BCUT2D eigenvalue weighted by Crippen LogP contribution is -2.34. The number of aliphatic carboxylic acids is 1. The lowest BCUT2D eigenvalue weighted by molar-refractivity contribution is -0.151. The normalized spacial score (nSPS) is 11.4. The van der Waals surface area contributed by atoms with Crippen molar-refractivity contribution in [3.05, 3.63) is 88.7 Å². The van der Waals surface area contributed by atoms with Crippen LogP contribution in [0.4, 0.5) is 5.69 Å². The van der Waals surface area contributed by atoms with E-state index < -0.39 is 11.4 Å². The first-order valence-corrected chi connectivity index (χ1v) is 12.2. The third-order valence-corrected chi connectivity index (χ3v) is 6.62. The fourth-order valence-corrected chi connectivity index (χ4v) is 3.92. The van der Waals surface area contributed by atoms with E-state index in [0.717, 1.165) is 22.7 Å². The van der Waals surface area contributed by atoms with E-state index in [1.165, 1.54) is 11.1 Å². The van der Waals surface area contributed by atoms with E-state index in [4.69, 9.17) is 4.74 Å². The number of nitrogens with one attached hydrogen (secondary N) is 1. The zero-order chi connectivity index (χ0) is 26.1. The Morgan fingerprint density at radius 1 is 0.972 bits per heavy atom. The van der Waals surface area contributed by atoms with Crippen LogP contribution in [0.5, 0.6) is 5.75 Å². The lowest BCUT2D eigenvalue weighted by atomic mass is 9.79. The molecule has 0 aliphatic carbocycles. The second-order valence-corrected chi connectivity index (χ2v) is 9.06. The van der Waals surface area contributed by atoms with Crippen molar-refractivity contribution in [3.8, 4) is 5.75 Å². The van der Waals surface area contributed by atoms with Gasteiger partial charge in [0.2, 0.25) is 5.91 Å². The number of nitrogens with zero attached hydrogens (tertiary/aromatic N) is 1. The Kier molecular flexibility index (Phi) is 9.01. The van der Waals surface area contributed by atoms with Gasteiger partial charge < -0.3 is 15.2 Å². The highest BCUT2D eigenvalue weighted by Crippen LogP contribution is 2.31. The van der Waals surface area contributed by atoms with Gasteiger partial charge in [0, 0.05) is 12.1 Å². The molecule has 0 spiro atoms. The minimum absolute atomic E-state index is 0.0592. The number of pyridine rings is 1. The van der Waals surface area contributed by atoms with Gasteiger partial charge in [-0.2, -0.15) is 0 Å². The molecule has 0 aliphatic heterocycles. The number of amides is 1. The molecule has 0 saturated heterocycles. The molecule has 188 valence electrons. The van der Waals surface area contributed by atoms with Crippen molar-refractivity contribution in [1.82, 2.24) is 4.98 Å². The Morgan fingerprint density at radius 3 is 2.42 bits per heavy atom. The molecule has 0 aliphatic rings. The first kappa shape index (κ1) is 26.7. The maximum Gasteiger partial charge on any atom is 0.310 e. The third kappa shape index (κ3) is 7.04. The summed E-state index contributed by atoms with van der Waals surface area (Å²) in [6, 6.07) is 19.2. The molecule has 0 radical (unpaired) electrons. The number of aromatic nitrogens is 1. The van der Waals surface area contributed by atoms with Crippen molar-refractivity contribution in [2.45, 2.75) is 53.6 Å². The second kappa shape index (κ2) is 12.2. The minimum atomic E-state index is -1.04. The van der Waals surface area contributed by atoms with Crippen LogP contribution in [-0.4, -0.2) is 22.0 Å². The van der Waals surface area contributed by atoms with Crippen molar-refractivity contribution in [3.63, 3.8) is 0 Å². The van der Waals surface area contributed by atoms with E-state index in [1.54, 1.807) is 19.9 Å². The molecule has 3 rings (SSSR count). The number of carbonyl (C=O) groups is 2. The minimum Gasteiger partial charge on any atom is -0.487 e. The fourth-order valence-electron chi connectivity index (χ4n) is 3.92. The quantitative estimate of drug-likeness (QED) is 0.316. The number of aryl methyl sites for hydroxylation is 2. The number of benzene rings is 2. The number of rotatable bonds is 11. The summed E-state index contributed by atoms with van der Waals surface area (Å²) in [6.45, 7) is 8.11. The summed E-state index contributed by atoms with van der Waals surface area (Å²) in [6.07, 6.45) is 4.57. The number of anilines is 1. The molecule has 2 aromatic carbocycles. The van der Waals surface area contributed by atoms with Crippen molar-refractivity contribution >= 4 is 29.7 Å². The molecular weight excluding hydrogens is 452 g/mol. The molecule has 2 N–H and O–H groups in total. The number of ether oxygens (including phenoxy) is 1. The summed E-state index contributed by atoms with van der Waals surface area (Å²) in [5.41, 5.74) is 4.51. The van der Waals surface area contributed by atoms with E-state index in [9.17, 15) is 14.7 Å². The monoisotopic (exact) mass is 486 g/mol. The molecule has 0 unspecified atom stereocenters. The summed E-state index contributed by atoms with van der Waals surface area (Å²) >= 11 is 0. The number of carbonyl (C=O) groups excluding carboxylic acids is 1. The molecule has 6 nitrogen and oxygen atoms in total. The summed E-state index contributed by atoms with van der Waals surface area (Å²) < 4.78 is 5.90. The maximum atomic E-state index is 12.6. The van der Waals surface area contributed by atoms with Crippen LogP contribution in [-0.2, 0) is 16.2 Å². The van der Waals surface area contributed by atoms with Crippen molar-refractivity contribution < 1.29 is 19.4 Å². The molecular formula is C30H34N2O4. The fraction of sp³-hybridized carbons (Fsp3) is 0.300. The van der Waals surface area contributed by atoms with Crippen LogP contribution in [0.3, 0.4) is 0 Å². The molecule has 1 amide bonds. The molecule has 0 bridgehead atoms. The van der Waals surface area contributed by atoms with Gasteiger partial charge in [-0.05, 0) is 85.9 Å². The van der Waals surface area contributed by atoms with Gasteiger partial charge in [0.05, 0.1) is 16.8 Å². The van der Waals surface area contributed by atoms with Crippen LogP contribution < -0.4 is 10.1 Å². The maximum absolute atomic E-state index is 12.6. The van der Waals surface area contributed by atoms with Crippen LogP contribution in [0.25, 0.3) is 12.2 Å². The Balaban J connectivity index is 1.63. The van der Waals surface area contributed by atoms with Gasteiger partial charge in [0.15, 0.2) is 0 Å². The van der Waals surface area contributed by atoms with Gasteiger partial charge in [-0.3, -0.25) is 9.59 Å². The van der Waals surface area contributed by atoms with Gasteiger partial charge in [-0.25, -0.2) is 4.98 Å². The van der Waals surface area contributed by atoms with Gasteiger partial charge in [0.1, 0.15) is 12.4 Å². The van der Waals surface area contributed by atoms with Gasteiger partial charge in [-0.15, -0.1) is 0 Å². The SMILES string of the molecule is CCC(CC)(CC(=O)Nc1cccc(C=Cc2cccc(COc3ccc(C)c(C)c3)n2)c1)C(=O)O. The highest BCUT2D eigenvalue weighted by molar-refractivity contribution is 5.94. The molecule has 36 heavy (non-hydrogen) atoms. The van der Waals surface area contributed by atoms with Crippen LogP contribution in [0.1, 0.15) is 61.2 Å². The zero-order valence-electron chi connectivity index (χ0n) is 21.4. The van der Waals surface area contributed by atoms with Crippen molar-refractivity contribution in [1.29, 1.82) is 0 Å². The smallest absolute Gasteiger partial charge is 0.310 e. The van der Waals surface area contributed by atoms with Crippen molar-refractivity contribution in [2.24, 2.45) is 5.41 Å². The Bertz CT molecular complexity index is 1250. The van der Waals surface area contributed by atoms with E-state index in [1.807, 2.05) is 66.7 Å². The van der Waals surface area contributed by atoms with Crippen molar-refractivity contribution in [2.75, 3.05) is 5.32 Å². The number of hydrogen-bond acceptors (Lipinski definition) is 4.